The number of nitrogens with zero attached hydrogens (tertiary/aromatic N) is 2. The van der Waals surface area contributed by atoms with Gasteiger partial charge in [-0.2, -0.15) is 0 Å². The molecule has 2 N–H and O–H groups in total. The van der Waals surface area contributed by atoms with Gasteiger partial charge in [-0.05, 0) is 30.3 Å². The molecule has 6 heteroatoms. The topological polar surface area (TPSA) is 79.8 Å². The molecule has 2 aromatic carbocycles. The molecule has 1 amide bonds. The molecule has 2 aromatic heterocycles. The van der Waals surface area contributed by atoms with Crippen molar-refractivity contribution < 1.29 is 4.79 Å². The summed E-state index contributed by atoms with van der Waals surface area (Å²) in [6.45, 7) is 0.713. The number of para-hydroxylation sites is 1. The summed E-state index contributed by atoms with van der Waals surface area (Å²) >= 11 is 0. The van der Waals surface area contributed by atoms with Gasteiger partial charge in [0.15, 0.2) is 0 Å². The zero-order valence-electron chi connectivity index (χ0n) is 13.4. The van der Waals surface area contributed by atoms with Crippen LogP contribution in [-0.4, -0.2) is 27.0 Å². The van der Waals surface area contributed by atoms with E-state index in [-0.39, 0.29) is 11.5 Å². The van der Waals surface area contributed by atoms with Crippen LogP contribution in [-0.2, 0) is 6.54 Å². The van der Waals surface area contributed by atoms with Crippen molar-refractivity contribution in [3.8, 4) is 0 Å². The maximum atomic E-state index is 12.4. The predicted molar refractivity (Wildman–Crippen MR) is 96.6 cm³/mol. The first-order valence-electron chi connectivity index (χ1n) is 8.02. The van der Waals surface area contributed by atoms with Crippen LogP contribution in [0.25, 0.3) is 21.8 Å². The van der Waals surface area contributed by atoms with Gasteiger partial charge in [-0.25, -0.2) is 4.98 Å². The number of fused-ring (bicyclic) bond motifs is 2. The molecular formula is C19H16N4O2. The number of aromatic amines is 1. The molecule has 0 spiro atoms. The summed E-state index contributed by atoms with van der Waals surface area (Å²) in [6.07, 6.45) is 3.32. The first kappa shape index (κ1) is 15.1. The van der Waals surface area contributed by atoms with Gasteiger partial charge in [-0.15, -0.1) is 0 Å². The second kappa shape index (κ2) is 6.24. The summed E-state index contributed by atoms with van der Waals surface area (Å²) in [7, 11) is 0. The molecule has 0 aliphatic rings. The molecule has 0 bridgehead atoms. The van der Waals surface area contributed by atoms with Crippen LogP contribution in [0.15, 0.2) is 65.8 Å². The molecule has 0 atom stereocenters. The zero-order chi connectivity index (χ0) is 17.2. The normalized spacial score (nSPS) is 11.0. The molecule has 2 heterocycles. The van der Waals surface area contributed by atoms with Crippen LogP contribution in [0.1, 0.15) is 10.4 Å². The smallest absolute Gasteiger partial charge is 0.261 e. The number of benzene rings is 2. The Hall–Kier alpha value is -3.41. The molecule has 0 aliphatic carbocycles. The minimum absolute atomic E-state index is 0.104. The van der Waals surface area contributed by atoms with Gasteiger partial charge in [0.05, 0.1) is 17.2 Å². The minimum atomic E-state index is -0.160. The van der Waals surface area contributed by atoms with Crippen LogP contribution < -0.4 is 10.9 Å². The Labute approximate surface area is 143 Å². The van der Waals surface area contributed by atoms with Crippen molar-refractivity contribution in [2.24, 2.45) is 0 Å². The van der Waals surface area contributed by atoms with Crippen molar-refractivity contribution in [2.45, 2.75) is 6.54 Å². The van der Waals surface area contributed by atoms with Crippen molar-refractivity contribution in [3.63, 3.8) is 0 Å². The molecule has 4 rings (SSSR count). The standard InChI is InChI=1S/C19H16N4O2/c24-18(14-5-3-7-16-13(14)8-9-20-16)21-10-11-23-12-22-17-6-2-1-4-15(17)19(23)25/h1-9,12,20H,10-11H2,(H,21,24). The molecule has 0 fully saturated rings. The second-order valence-corrected chi connectivity index (χ2v) is 5.76. The van der Waals surface area contributed by atoms with E-state index in [9.17, 15) is 9.59 Å². The molecule has 4 aromatic rings. The predicted octanol–water partition coefficient (Wildman–Crippen LogP) is 2.31. The van der Waals surface area contributed by atoms with Gasteiger partial charge in [0.1, 0.15) is 0 Å². The highest BCUT2D eigenvalue weighted by molar-refractivity contribution is 6.06. The van der Waals surface area contributed by atoms with Crippen molar-refractivity contribution >= 4 is 27.7 Å². The number of rotatable bonds is 4. The van der Waals surface area contributed by atoms with Gasteiger partial charge in [-0.3, -0.25) is 14.2 Å². The van der Waals surface area contributed by atoms with Crippen molar-refractivity contribution in [2.75, 3.05) is 6.54 Å². The Bertz CT molecular complexity index is 1130. The fourth-order valence-corrected chi connectivity index (χ4v) is 2.93. The molecule has 0 radical (unpaired) electrons. The van der Waals surface area contributed by atoms with E-state index in [1.54, 1.807) is 18.2 Å². The van der Waals surface area contributed by atoms with Gasteiger partial charge < -0.3 is 10.3 Å². The number of aromatic nitrogens is 3. The molecule has 124 valence electrons. The van der Waals surface area contributed by atoms with Crippen LogP contribution in [0.5, 0.6) is 0 Å². The maximum Gasteiger partial charge on any atom is 0.261 e. The van der Waals surface area contributed by atoms with Crippen LogP contribution in [0.2, 0.25) is 0 Å². The fourth-order valence-electron chi connectivity index (χ4n) is 2.93. The Morgan fingerprint density at radius 1 is 1.08 bits per heavy atom. The van der Waals surface area contributed by atoms with Gasteiger partial charge in [0.25, 0.3) is 11.5 Å². The van der Waals surface area contributed by atoms with Crippen molar-refractivity contribution in [1.82, 2.24) is 19.9 Å². The zero-order valence-corrected chi connectivity index (χ0v) is 13.4. The van der Waals surface area contributed by atoms with E-state index in [4.69, 9.17) is 0 Å². The van der Waals surface area contributed by atoms with Crippen molar-refractivity contribution in [1.29, 1.82) is 0 Å². The molecule has 25 heavy (non-hydrogen) atoms. The van der Waals surface area contributed by atoms with E-state index in [2.05, 4.69) is 15.3 Å². The van der Waals surface area contributed by atoms with E-state index in [1.165, 1.54) is 10.9 Å². The van der Waals surface area contributed by atoms with Crippen LogP contribution in [0, 0.1) is 0 Å². The number of nitrogens with one attached hydrogen (secondary N) is 2. The number of hydrogen-bond donors (Lipinski definition) is 2. The summed E-state index contributed by atoms with van der Waals surface area (Å²) in [6, 6.07) is 14.7. The number of carbonyl (C=O) groups excluding carboxylic acids is 1. The summed E-state index contributed by atoms with van der Waals surface area (Å²) < 4.78 is 1.51. The van der Waals surface area contributed by atoms with E-state index in [1.807, 2.05) is 36.5 Å². The lowest BCUT2D eigenvalue weighted by Crippen LogP contribution is -2.31. The Morgan fingerprint density at radius 3 is 2.88 bits per heavy atom. The van der Waals surface area contributed by atoms with E-state index < -0.39 is 0 Å². The molecular weight excluding hydrogens is 316 g/mol. The van der Waals surface area contributed by atoms with Crippen molar-refractivity contribution in [3.05, 3.63) is 77.0 Å². The molecule has 6 nitrogen and oxygen atoms in total. The molecule has 0 saturated carbocycles. The quantitative estimate of drug-likeness (QED) is 0.602. The number of amides is 1. The SMILES string of the molecule is O=C(NCCn1cnc2ccccc2c1=O)c1cccc2[nH]ccc12. The summed E-state index contributed by atoms with van der Waals surface area (Å²) in [5.41, 5.74) is 2.10. The van der Waals surface area contributed by atoms with E-state index in [0.717, 1.165) is 10.9 Å². The highest BCUT2D eigenvalue weighted by Crippen LogP contribution is 2.17. The average molecular weight is 332 g/mol. The third-order valence-corrected chi connectivity index (χ3v) is 4.21. The first-order chi connectivity index (χ1) is 12.2. The van der Waals surface area contributed by atoms with Gasteiger partial charge >= 0.3 is 0 Å². The monoisotopic (exact) mass is 332 g/mol. The number of H-pyrrole nitrogens is 1. The Kier molecular flexibility index (Phi) is 3.78. The lowest BCUT2D eigenvalue weighted by molar-refractivity contribution is 0.0954. The lowest BCUT2D eigenvalue weighted by atomic mass is 10.1. The average Bonchev–Trinajstić information content (AvgIpc) is 3.12. The fraction of sp³-hybridized carbons (Fsp3) is 0.105. The summed E-state index contributed by atoms with van der Waals surface area (Å²) in [5.74, 6) is -0.160. The Morgan fingerprint density at radius 2 is 1.96 bits per heavy atom. The van der Waals surface area contributed by atoms with Gasteiger partial charge in [-0.1, -0.05) is 18.2 Å². The summed E-state index contributed by atoms with van der Waals surface area (Å²) in [5, 5.41) is 4.32. The third-order valence-electron chi connectivity index (χ3n) is 4.21. The van der Waals surface area contributed by atoms with Crippen LogP contribution >= 0.6 is 0 Å². The summed E-state index contributed by atoms with van der Waals surface area (Å²) in [4.78, 5) is 32.2. The largest absolute Gasteiger partial charge is 0.361 e. The van der Waals surface area contributed by atoms with Gasteiger partial charge in [0.2, 0.25) is 0 Å². The van der Waals surface area contributed by atoms with Crippen LogP contribution in [0.3, 0.4) is 0 Å². The highest BCUT2D eigenvalue weighted by atomic mass is 16.1. The van der Waals surface area contributed by atoms with E-state index in [0.29, 0.717) is 29.6 Å². The minimum Gasteiger partial charge on any atom is -0.361 e. The van der Waals surface area contributed by atoms with E-state index >= 15 is 0 Å². The third kappa shape index (κ3) is 2.78. The number of carbonyl (C=O) groups is 1. The Balaban J connectivity index is 1.49. The lowest BCUT2D eigenvalue weighted by Gasteiger charge is -2.09. The molecule has 0 saturated heterocycles. The number of hydrogen-bond acceptors (Lipinski definition) is 3. The first-order valence-corrected chi connectivity index (χ1v) is 8.02. The molecule has 0 unspecified atom stereocenters. The highest BCUT2D eigenvalue weighted by Gasteiger charge is 2.10. The maximum absolute atomic E-state index is 12.4. The van der Waals surface area contributed by atoms with Crippen LogP contribution in [0.4, 0.5) is 0 Å². The molecule has 0 aliphatic heterocycles. The van der Waals surface area contributed by atoms with Gasteiger partial charge in [0, 0.05) is 35.8 Å². The second-order valence-electron chi connectivity index (χ2n) is 5.76.